The number of pyridine rings is 1. The molecule has 4 aliphatic rings. The van der Waals surface area contributed by atoms with E-state index in [0.29, 0.717) is 32.3 Å². The molecule has 0 radical (unpaired) electrons. The number of fused-ring (bicyclic) bond motifs is 1. The quantitative estimate of drug-likeness (QED) is 0.605. The first-order valence-corrected chi connectivity index (χ1v) is 12.3. The number of anilines is 2. The number of nitrogens with one attached hydrogen (secondary N) is 2. The molecule has 0 aliphatic carbocycles. The Morgan fingerprint density at radius 3 is 2.53 bits per heavy atom. The Balaban J connectivity index is 0.00000152. The van der Waals surface area contributed by atoms with E-state index in [1.165, 1.54) is 5.56 Å². The number of likely N-dealkylation sites (tertiary alicyclic amines) is 1. The number of rotatable bonds is 5. The van der Waals surface area contributed by atoms with Crippen LogP contribution in [-0.2, 0) is 11.3 Å². The maximum Gasteiger partial charge on any atom is 0.252 e. The van der Waals surface area contributed by atoms with E-state index in [4.69, 9.17) is 9.47 Å². The first-order valence-electron chi connectivity index (χ1n) is 12.3. The van der Waals surface area contributed by atoms with Gasteiger partial charge in [-0.15, -0.1) is 24.8 Å². The number of nitrogens with zero attached hydrogens (tertiary/aromatic N) is 3. The molecule has 9 nitrogen and oxygen atoms in total. The molecule has 0 saturated carbocycles. The smallest absolute Gasteiger partial charge is 0.252 e. The molecule has 196 valence electrons. The number of hydrogen-bond acceptors (Lipinski definition) is 7. The summed E-state index contributed by atoms with van der Waals surface area (Å²) in [5.41, 5.74) is 2.06. The number of halogens is 2. The fourth-order valence-corrected chi connectivity index (χ4v) is 5.58. The first-order chi connectivity index (χ1) is 16.7. The van der Waals surface area contributed by atoms with Crippen LogP contribution in [-0.4, -0.2) is 67.4 Å². The van der Waals surface area contributed by atoms with Crippen molar-refractivity contribution < 1.29 is 14.3 Å². The molecule has 6 rings (SSSR count). The highest BCUT2D eigenvalue weighted by atomic mass is 35.5. The summed E-state index contributed by atoms with van der Waals surface area (Å²) in [6.45, 7) is 5.84. The molecule has 1 atom stereocenters. The largest absolute Gasteiger partial charge is 0.486 e. The van der Waals surface area contributed by atoms with Gasteiger partial charge < -0.3 is 25.0 Å². The van der Waals surface area contributed by atoms with Crippen molar-refractivity contribution in [3.63, 3.8) is 0 Å². The second-order valence-corrected chi connectivity index (χ2v) is 9.55. The minimum atomic E-state index is -0.0269. The van der Waals surface area contributed by atoms with Crippen LogP contribution in [0.15, 0.2) is 35.1 Å². The third-order valence-corrected chi connectivity index (χ3v) is 7.39. The maximum atomic E-state index is 12.8. The van der Waals surface area contributed by atoms with Gasteiger partial charge in [-0.1, -0.05) is 6.07 Å². The summed E-state index contributed by atoms with van der Waals surface area (Å²) in [4.78, 5) is 29.4. The summed E-state index contributed by atoms with van der Waals surface area (Å²) < 4.78 is 13.1. The van der Waals surface area contributed by atoms with E-state index >= 15 is 0 Å². The highest BCUT2D eigenvalue weighted by Gasteiger charge is 2.35. The van der Waals surface area contributed by atoms with E-state index in [1.54, 1.807) is 17.0 Å². The van der Waals surface area contributed by atoms with Crippen molar-refractivity contribution in [3.05, 3.63) is 46.2 Å². The van der Waals surface area contributed by atoms with Gasteiger partial charge in [0.2, 0.25) is 5.91 Å². The van der Waals surface area contributed by atoms with Crippen LogP contribution in [0.2, 0.25) is 0 Å². The number of ether oxygens (including phenoxy) is 2. The van der Waals surface area contributed by atoms with Crippen LogP contribution in [0.3, 0.4) is 0 Å². The summed E-state index contributed by atoms with van der Waals surface area (Å²) in [5.74, 6) is 2.45. The minimum absolute atomic E-state index is 0. The van der Waals surface area contributed by atoms with Crippen molar-refractivity contribution in [3.8, 4) is 11.5 Å². The van der Waals surface area contributed by atoms with Crippen molar-refractivity contribution in [2.45, 2.75) is 37.9 Å². The second kappa shape index (κ2) is 11.3. The molecule has 36 heavy (non-hydrogen) atoms. The molecule has 2 N–H and O–H groups in total. The SMILES string of the molecule is Cl.Cl.O=C1CNc2ccc(=O)n3c2N1CC[C@H]3CN1CCC(NCc2ccc3c(c2)OCCO3)CC1. The van der Waals surface area contributed by atoms with E-state index in [0.717, 1.165) is 68.4 Å². The van der Waals surface area contributed by atoms with E-state index in [9.17, 15) is 9.59 Å². The number of carbonyl (C=O) groups is 1. The lowest BCUT2D eigenvalue weighted by Gasteiger charge is -2.42. The number of benzene rings is 1. The van der Waals surface area contributed by atoms with E-state index < -0.39 is 0 Å². The van der Waals surface area contributed by atoms with Gasteiger partial charge in [-0.25, -0.2) is 0 Å². The average molecular weight is 538 g/mol. The fraction of sp³-hybridized carbons (Fsp3) is 0.520. The van der Waals surface area contributed by atoms with Crippen LogP contribution in [0.4, 0.5) is 11.5 Å². The van der Waals surface area contributed by atoms with Gasteiger partial charge in [0.15, 0.2) is 11.5 Å². The average Bonchev–Trinajstić information content (AvgIpc) is 2.87. The zero-order valence-electron chi connectivity index (χ0n) is 20.1. The lowest BCUT2D eigenvalue weighted by atomic mass is 10.0. The molecule has 1 saturated heterocycles. The van der Waals surface area contributed by atoms with Crippen molar-refractivity contribution in [1.82, 2.24) is 14.8 Å². The first kappa shape index (κ1) is 26.6. The molecule has 1 aromatic carbocycles. The van der Waals surface area contributed by atoms with Crippen molar-refractivity contribution in [1.29, 1.82) is 0 Å². The molecule has 0 spiro atoms. The van der Waals surface area contributed by atoms with E-state index in [2.05, 4.69) is 27.7 Å². The van der Waals surface area contributed by atoms with Gasteiger partial charge in [0.05, 0.1) is 18.3 Å². The molecule has 11 heteroatoms. The fourth-order valence-electron chi connectivity index (χ4n) is 5.58. The van der Waals surface area contributed by atoms with Crippen LogP contribution in [0, 0.1) is 0 Å². The summed E-state index contributed by atoms with van der Waals surface area (Å²) in [5, 5.41) is 6.86. The number of hydrogen-bond donors (Lipinski definition) is 2. The number of piperidine rings is 1. The molecule has 1 fully saturated rings. The third-order valence-electron chi connectivity index (χ3n) is 7.39. The Morgan fingerprint density at radius 2 is 1.72 bits per heavy atom. The number of aromatic nitrogens is 1. The number of carbonyl (C=O) groups excluding carboxylic acids is 1. The Bertz CT molecular complexity index is 1150. The molecule has 0 bridgehead atoms. The number of amides is 1. The molecule has 5 heterocycles. The molecule has 2 aromatic rings. The maximum absolute atomic E-state index is 12.8. The highest BCUT2D eigenvalue weighted by Crippen LogP contribution is 2.35. The zero-order chi connectivity index (χ0) is 23.1. The zero-order valence-corrected chi connectivity index (χ0v) is 21.7. The lowest BCUT2D eigenvalue weighted by molar-refractivity contribution is -0.117. The molecular formula is C25H33Cl2N5O4. The van der Waals surface area contributed by atoms with Crippen LogP contribution >= 0.6 is 24.8 Å². The molecule has 1 amide bonds. The predicted molar refractivity (Wildman–Crippen MR) is 143 cm³/mol. The molecule has 1 aromatic heterocycles. The van der Waals surface area contributed by atoms with Crippen LogP contribution in [0.5, 0.6) is 11.5 Å². The Morgan fingerprint density at radius 1 is 0.944 bits per heavy atom. The molecule has 0 unspecified atom stereocenters. The normalized spacial score (nSPS) is 21.1. The predicted octanol–water partition coefficient (Wildman–Crippen LogP) is 2.42. The summed E-state index contributed by atoms with van der Waals surface area (Å²) in [6, 6.07) is 10.1. The van der Waals surface area contributed by atoms with Gasteiger partial charge in [0.1, 0.15) is 19.0 Å². The standard InChI is InChI=1S/C25H31N5O4.2ClH/c31-23-4-2-20-25-29(24(32)15-27-20)10-7-19(30(23)25)16-28-8-5-18(6-9-28)26-14-17-1-3-21-22(13-17)34-12-11-33-21;;/h1-4,13,18-19,26-27H,5-12,14-16H2;2*1H/t19-;;/m0../s1. The van der Waals surface area contributed by atoms with Crippen molar-refractivity contribution >= 4 is 42.2 Å². The Kier molecular flexibility index (Phi) is 8.34. The highest BCUT2D eigenvalue weighted by molar-refractivity contribution is 6.01. The Hall–Kier alpha value is -2.46. The van der Waals surface area contributed by atoms with Crippen molar-refractivity contribution in [2.75, 3.05) is 56.2 Å². The second-order valence-electron chi connectivity index (χ2n) is 9.55. The van der Waals surface area contributed by atoms with Gasteiger partial charge in [0.25, 0.3) is 5.56 Å². The third kappa shape index (κ3) is 5.16. The Labute approximate surface area is 222 Å². The van der Waals surface area contributed by atoms with Crippen LogP contribution in [0.25, 0.3) is 0 Å². The van der Waals surface area contributed by atoms with E-state index in [-0.39, 0.29) is 42.3 Å². The lowest BCUT2D eigenvalue weighted by Crippen LogP contribution is -2.51. The van der Waals surface area contributed by atoms with Gasteiger partial charge in [-0.3, -0.25) is 19.1 Å². The summed E-state index contributed by atoms with van der Waals surface area (Å²) in [7, 11) is 0. The van der Waals surface area contributed by atoms with Crippen molar-refractivity contribution in [2.24, 2.45) is 0 Å². The topological polar surface area (TPSA) is 88.1 Å². The molecule has 4 aliphatic heterocycles. The van der Waals surface area contributed by atoms with Crippen LogP contribution in [0.1, 0.15) is 30.9 Å². The van der Waals surface area contributed by atoms with Crippen LogP contribution < -0.4 is 30.6 Å². The van der Waals surface area contributed by atoms with Gasteiger partial charge in [-0.05, 0) is 56.1 Å². The van der Waals surface area contributed by atoms with E-state index in [1.807, 2.05) is 10.6 Å². The van der Waals surface area contributed by atoms with Gasteiger partial charge >= 0.3 is 0 Å². The summed E-state index contributed by atoms with van der Waals surface area (Å²) >= 11 is 0. The van der Waals surface area contributed by atoms with Gasteiger partial charge in [-0.2, -0.15) is 0 Å². The summed E-state index contributed by atoms with van der Waals surface area (Å²) in [6.07, 6.45) is 2.96. The minimum Gasteiger partial charge on any atom is -0.486 e. The van der Waals surface area contributed by atoms with Gasteiger partial charge in [0, 0.05) is 31.7 Å². The monoisotopic (exact) mass is 537 g/mol. The molecular weight excluding hydrogens is 505 g/mol.